The van der Waals surface area contributed by atoms with Crippen molar-refractivity contribution in [3.05, 3.63) is 0 Å². The number of rotatable bonds is 1. The Morgan fingerprint density at radius 2 is 2.07 bits per heavy atom. The molecule has 2 rings (SSSR count). The van der Waals surface area contributed by atoms with Crippen LogP contribution in [0.1, 0.15) is 0 Å². The molecule has 0 saturated heterocycles. The molecular formula is C7H12N6Si. The van der Waals surface area contributed by atoms with Crippen molar-refractivity contribution in [2.24, 2.45) is 31.2 Å². The van der Waals surface area contributed by atoms with Gasteiger partial charge >= 0.3 is 0 Å². The second kappa shape index (κ2) is 2.64. The van der Waals surface area contributed by atoms with Crippen LogP contribution in [-0.2, 0) is 0 Å². The number of fused-ring (bicyclic) bond motifs is 1. The van der Waals surface area contributed by atoms with E-state index in [1.54, 1.807) is 6.21 Å². The van der Waals surface area contributed by atoms with Crippen molar-refractivity contribution in [1.82, 2.24) is 0 Å². The van der Waals surface area contributed by atoms with Crippen LogP contribution < -0.4 is 5.73 Å². The first-order valence-corrected chi connectivity index (χ1v) is 7.85. The van der Waals surface area contributed by atoms with Crippen LogP contribution in [0.3, 0.4) is 0 Å². The van der Waals surface area contributed by atoms with E-state index >= 15 is 0 Å². The molecule has 0 aromatic carbocycles. The summed E-state index contributed by atoms with van der Waals surface area (Å²) >= 11 is 0. The quantitative estimate of drug-likeness (QED) is 0.634. The van der Waals surface area contributed by atoms with E-state index in [9.17, 15) is 0 Å². The molecule has 0 amide bonds. The van der Waals surface area contributed by atoms with E-state index in [-0.39, 0.29) is 0 Å². The summed E-state index contributed by atoms with van der Waals surface area (Å²) in [6.45, 7) is 6.34. The van der Waals surface area contributed by atoms with Crippen molar-refractivity contribution in [2.45, 2.75) is 25.1 Å². The van der Waals surface area contributed by atoms with Crippen LogP contribution in [0.25, 0.3) is 0 Å². The summed E-state index contributed by atoms with van der Waals surface area (Å²) in [6, 6.07) is 0. The van der Waals surface area contributed by atoms with Gasteiger partial charge in [0.05, 0.1) is 6.21 Å². The Morgan fingerprint density at radius 1 is 1.36 bits per heavy atom. The Kier molecular flexibility index (Phi) is 1.76. The summed E-state index contributed by atoms with van der Waals surface area (Å²) in [5.74, 6) is 0.505. The van der Waals surface area contributed by atoms with Crippen LogP contribution in [0.5, 0.6) is 0 Å². The first-order valence-electron chi connectivity index (χ1n) is 4.35. The summed E-state index contributed by atoms with van der Waals surface area (Å²) in [4.78, 5) is 8.57. The van der Waals surface area contributed by atoms with Gasteiger partial charge in [-0.2, -0.15) is 0 Å². The molecule has 2 aliphatic rings. The molecule has 0 radical (unpaired) electrons. The van der Waals surface area contributed by atoms with Crippen LogP contribution in [-0.4, -0.2) is 31.2 Å². The number of hydrogen-bond acceptors (Lipinski definition) is 6. The van der Waals surface area contributed by atoms with E-state index in [0.29, 0.717) is 11.5 Å². The maximum absolute atomic E-state index is 6.11. The second-order valence-electron chi connectivity index (χ2n) is 4.34. The molecule has 14 heavy (non-hydrogen) atoms. The number of nitrogens with zero attached hydrogens (tertiary/aromatic N) is 5. The number of amidine groups is 1. The van der Waals surface area contributed by atoms with Gasteiger partial charge in [0, 0.05) is 0 Å². The average molecular weight is 208 g/mol. The van der Waals surface area contributed by atoms with Crippen LogP contribution in [0.4, 0.5) is 0 Å². The van der Waals surface area contributed by atoms with Gasteiger partial charge in [0.15, 0.2) is 11.1 Å². The minimum Gasteiger partial charge on any atom is -0.292 e. The van der Waals surface area contributed by atoms with Crippen LogP contribution in [0.2, 0.25) is 19.6 Å². The molecule has 0 spiro atoms. The van der Waals surface area contributed by atoms with Crippen LogP contribution in [0.15, 0.2) is 25.4 Å². The van der Waals surface area contributed by atoms with E-state index in [1.165, 1.54) is 0 Å². The fourth-order valence-corrected chi connectivity index (χ4v) is 1.98. The molecule has 2 heterocycles. The maximum Gasteiger partial charge on any atom is 0.204 e. The fourth-order valence-electron chi connectivity index (χ4n) is 1.08. The first-order chi connectivity index (χ1) is 6.42. The molecule has 0 aromatic rings. The lowest BCUT2D eigenvalue weighted by atomic mass is 10.3. The monoisotopic (exact) mass is 208 g/mol. The minimum atomic E-state index is -1.70. The summed E-state index contributed by atoms with van der Waals surface area (Å²) < 4.78 is 0. The van der Waals surface area contributed by atoms with E-state index < -0.39 is 13.5 Å². The smallest absolute Gasteiger partial charge is 0.204 e. The molecule has 0 bridgehead atoms. The highest BCUT2D eigenvalue weighted by Gasteiger charge is 2.42. The molecule has 0 fully saturated rings. The Hall–Kier alpha value is -1.21. The molecule has 0 aliphatic carbocycles. The van der Waals surface area contributed by atoms with Crippen molar-refractivity contribution in [3.8, 4) is 0 Å². The van der Waals surface area contributed by atoms with Gasteiger partial charge in [0.2, 0.25) is 5.84 Å². The molecule has 1 unspecified atom stereocenters. The van der Waals surface area contributed by atoms with Gasteiger partial charge in [-0.3, -0.25) is 10.7 Å². The highest BCUT2D eigenvalue weighted by atomic mass is 28.3. The molecule has 6 nitrogen and oxygen atoms in total. The summed E-state index contributed by atoms with van der Waals surface area (Å²) in [5, 5.41) is 11.1. The largest absolute Gasteiger partial charge is 0.292 e. The third kappa shape index (κ3) is 1.25. The molecule has 2 N–H and O–H groups in total. The van der Waals surface area contributed by atoms with Crippen LogP contribution in [0, 0.1) is 0 Å². The number of nitrogens with two attached hydrogens (primary N) is 1. The first kappa shape index (κ1) is 9.35. The van der Waals surface area contributed by atoms with Gasteiger partial charge in [-0.1, -0.05) is 19.6 Å². The number of hydrogen-bond donors (Lipinski definition) is 1. The lowest BCUT2D eigenvalue weighted by molar-refractivity contribution is 0.635. The lowest BCUT2D eigenvalue weighted by Crippen LogP contribution is -2.58. The zero-order valence-electron chi connectivity index (χ0n) is 8.39. The Morgan fingerprint density at radius 3 is 2.71 bits per heavy atom. The van der Waals surface area contributed by atoms with Gasteiger partial charge in [-0.05, 0) is 5.22 Å². The van der Waals surface area contributed by atoms with Crippen molar-refractivity contribution < 1.29 is 0 Å². The SMILES string of the molecule is C[Si](C)(C)C1(N)N=CC2=NN=NC2=N1. The van der Waals surface area contributed by atoms with Gasteiger partial charge in [0.1, 0.15) is 8.07 Å². The van der Waals surface area contributed by atoms with Crippen molar-refractivity contribution >= 4 is 25.8 Å². The molecular weight excluding hydrogens is 196 g/mol. The highest BCUT2D eigenvalue weighted by Crippen LogP contribution is 2.24. The van der Waals surface area contributed by atoms with E-state index in [2.05, 4.69) is 45.1 Å². The molecule has 0 saturated carbocycles. The van der Waals surface area contributed by atoms with Crippen molar-refractivity contribution in [1.29, 1.82) is 0 Å². The van der Waals surface area contributed by atoms with Crippen molar-refractivity contribution in [3.63, 3.8) is 0 Å². The third-order valence-corrected chi connectivity index (χ3v) is 4.73. The molecule has 2 aliphatic heterocycles. The van der Waals surface area contributed by atoms with E-state index in [4.69, 9.17) is 5.73 Å². The Labute approximate surface area is 82.7 Å². The predicted molar refractivity (Wildman–Crippen MR) is 58.5 cm³/mol. The standard InChI is InChI=1S/C7H12N6Si/c1-14(2,3)7(8)9-4-5-6(10-7)12-13-11-5/h4H,8H2,1-3H3. The normalized spacial score (nSPS) is 30.0. The zero-order chi connectivity index (χ0) is 10.4. The van der Waals surface area contributed by atoms with Gasteiger partial charge in [0.25, 0.3) is 0 Å². The summed E-state index contributed by atoms with van der Waals surface area (Å²) in [6.07, 6.45) is 1.61. The maximum atomic E-state index is 6.11. The molecule has 7 heteroatoms. The van der Waals surface area contributed by atoms with Crippen LogP contribution >= 0.6 is 0 Å². The summed E-state index contributed by atoms with van der Waals surface area (Å²) in [7, 11) is -1.70. The zero-order valence-corrected chi connectivity index (χ0v) is 9.39. The lowest BCUT2D eigenvalue weighted by Gasteiger charge is -2.34. The minimum absolute atomic E-state index is 0.505. The van der Waals surface area contributed by atoms with Gasteiger partial charge in [-0.15, -0.1) is 10.2 Å². The van der Waals surface area contributed by atoms with Crippen molar-refractivity contribution in [2.75, 3.05) is 0 Å². The molecule has 0 aromatic heterocycles. The predicted octanol–water partition coefficient (Wildman–Crippen LogP) is 0.781. The van der Waals surface area contributed by atoms with Gasteiger partial charge in [-0.25, -0.2) is 4.99 Å². The third-order valence-electron chi connectivity index (χ3n) is 2.28. The fraction of sp³-hybridized carbons (Fsp3) is 0.571. The van der Waals surface area contributed by atoms with Gasteiger partial charge < -0.3 is 0 Å². The Bertz CT molecular complexity index is 387. The molecule has 74 valence electrons. The highest BCUT2D eigenvalue weighted by molar-refractivity contribution is 6.80. The average Bonchev–Trinajstić information content (AvgIpc) is 2.48. The van der Waals surface area contributed by atoms with E-state index in [0.717, 1.165) is 0 Å². The van der Waals surface area contributed by atoms with E-state index in [1.807, 2.05) is 0 Å². The number of aliphatic imine (C=N–C) groups is 2. The molecule has 1 atom stereocenters. The summed E-state index contributed by atoms with van der Waals surface area (Å²) in [5.41, 5.74) is 5.88. The Balaban J connectivity index is 2.44. The second-order valence-corrected chi connectivity index (χ2v) is 9.58. The topological polar surface area (TPSA) is 87.8 Å².